The molecule has 0 aromatic carbocycles. The number of nitrogens with two attached hydrogens (primary N) is 1. The lowest BCUT2D eigenvalue weighted by molar-refractivity contribution is -0.140. The van der Waals surface area contributed by atoms with E-state index >= 15 is 0 Å². The number of hydrogen-bond acceptors (Lipinski definition) is 4. The van der Waals surface area contributed by atoms with Gasteiger partial charge in [0.2, 0.25) is 11.8 Å². The van der Waals surface area contributed by atoms with Crippen LogP contribution in [0, 0.1) is 5.92 Å². The predicted molar refractivity (Wildman–Crippen MR) is 84.6 cm³/mol. The molecule has 0 bridgehead atoms. The van der Waals surface area contributed by atoms with Crippen LogP contribution in [0.25, 0.3) is 0 Å². The topological polar surface area (TPSA) is 104 Å². The van der Waals surface area contributed by atoms with E-state index in [9.17, 15) is 19.2 Å². The summed E-state index contributed by atoms with van der Waals surface area (Å²) in [7, 11) is 1.65. The van der Waals surface area contributed by atoms with Crippen molar-refractivity contribution in [2.75, 3.05) is 26.7 Å². The zero-order chi connectivity index (χ0) is 17.5. The molecule has 1 spiro atoms. The van der Waals surface area contributed by atoms with E-state index in [1.54, 1.807) is 7.05 Å². The molecule has 132 valence electrons. The Morgan fingerprint density at radius 2 is 1.88 bits per heavy atom. The lowest BCUT2D eigenvalue weighted by Crippen LogP contribution is -2.49. The molecule has 3 fully saturated rings. The van der Waals surface area contributed by atoms with Crippen LogP contribution in [0.2, 0.25) is 0 Å². The van der Waals surface area contributed by atoms with Crippen LogP contribution in [-0.4, -0.2) is 70.7 Å². The standard InChI is InChI=1S/C16H24N4O4/c1-18-15(24)20(14(23)16(18)6-3-2-4-7-16)10-12(21)19-8-5-11(9-19)13(17)22/h11H,2-10H2,1H3,(H2,17,22)/t11-/m1/s1. The minimum atomic E-state index is -0.767. The zero-order valence-corrected chi connectivity index (χ0v) is 14.0. The molecule has 24 heavy (non-hydrogen) atoms. The normalized spacial score (nSPS) is 26.5. The van der Waals surface area contributed by atoms with Gasteiger partial charge in [0.05, 0.1) is 5.92 Å². The van der Waals surface area contributed by atoms with Crippen molar-refractivity contribution in [2.45, 2.75) is 44.1 Å². The maximum atomic E-state index is 12.8. The summed E-state index contributed by atoms with van der Waals surface area (Å²) in [5, 5.41) is 0. The number of carbonyl (C=O) groups excluding carboxylic acids is 4. The molecule has 2 heterocycles. The summed E-state index contributed by atoms with van der Waals surface area (Å²) in [6, 6.07) is -0.402. The summed E-state index contributed by atoms with van der Waals surface area (Å²) in [4.78, 5) is 53.1. The summed E-state index contributed by atoms with van der Waals surface area (Å²) in [5.74, 6) is -1.32. The van der Waals surface area contributed by atoms with Gasteiger partial charge in [0.25, 0.3) is 5.91 Å². The maximum absolute atomic E-state index is 12.8. The summed E-state index contributed by atoms with van der Waals surface area (Å²) in [5.41, 5.74) is 4.51. The number of primary amides is 1. The molecule has 2 saturated heterocycles. The molecule has 5 amide bonds. The van der Waals surface area contributed by atoms with Gasteiger partial charge >= 0.3 is 6.03 Å². The molecule has 1 atom stereocenters. The summed E-state index contributed by atoms with van der Waals surface area (Å²) < 4.78 is 0. The first-order valence-corrected chi connectivity index (χ1v) is 8.53. The van der Waals surface area contributed by atoms with E-state index < -0.39 is 17.5 Å². The molecule has 0 radical (unpaired) electrons. The number of likely N-dealkylation sites (N-methyl/N-ethyl adjacent to an activating group) is 1. The van der Waals surface area contributed by atoms with Crippen LogP contribution >= 0.6 is 0 Å². The molecule has 2 N–H and O–H groups in total. The van der Waals surface area contributed by atoms with Crippen molar-refractivity contribution in [2.24, 2.45) is 11.7 Å². The summed E-state index contributed by atoms with van der Waals surface area (Å²) in [6.45, 7) is 0.449. The highest BCUT2D eigenvalue weighted by atomic mass is 16.2. The molecular formula is C16H24N4O4. The first-order valence-electron chi connectivity index (χ1n) is 8.53. The summed E-state index contributed by atoms with van der Waals surface area (Å²) in [6.07, 6.45) is 4.75. The molecule has 2 aliphatic heterocycles. The smallest absolute Gasteiger partial charge is 0.327 e. The number of amides is 5. The molecule has 1 saturated carbocycles. The second kappa shape index (κ2) is 6.07. The third-order valence-electron chi connectivity index (χ3n) is 5.72. The number of nitrogens with zero attached hydrogens (tertiary/aromatic N) is 3. The van der Waals surface area contributed by atoms with Gasteiger partial charge in [0.1, 0.15) is 12.1 Å². The van der Waals surface area contributed by atoms with Crippen LogP contribution in [0.15, 0.2) is 0 Å². The van der Waals surface area contributed by atoms with Gasteiger partial charge < -0.3 is 15.5 Å². The van der Waals surface area contributed by atoms with E-state index in [0.717, 1.165) is 24.2 Å². The Bertz CT molecular complexity index is 585. The van der Waals surface area contributed by atoms with Gasteiger partial charge in [0.15, 0.2) is 0 Å². The molecule has 3 rings (SSSR count). The largest absolute Gasteiger partial charge is 0.369 e. The Morgan fingerprint density at radius 1 is 1.21 bits per heavy atom. The average molecular weight is 336 g/mol. The van der Waals surface area contributed by atoms with Crippen molar-refractivity contribution in [3.8, 4) is 0 Å². The van der Waals surface area contributed by atoms with Gasteiger partial charge in [-0.05, 0) is 19.3 Å². The first kappa shape index (κ1) is 16.7. The van der Waals surface area contributed by atoms with Gasteiger partial charge in [-0.15, -0.1) is 0 Å². The third kappa shape index (κ3) is 2.53. The highest BCUT2D eigenvalue weighted by molar-refractivity contribution is 6.09. The fourth-order valence-corrected chi connectivity index (χ4v) is 4.13. The molecule has 8 nitrogen and oxygen atoms in total. The fraction of sp³-hybridized carbons (Fsp3) is 0.750. The van der Waals surface area contributed by atoms with Crippen LogP contribution in [0.5, 0.6) is 0 Å². The molecular weight excluding hydrogens is 312 g/mol. The molecule has 8 heteroatoms. The molecule has 0 aromatic heterocycles. The fourth-order valence-electron chi connectivity index (χ4n) is 4.13. The Kier molecular flexibility index (Phi) is 4.23. The van der Waals surface area contributed by atoms with E-state index in [1.165, 1.54) is 9.80 Å². The average Bonchev–Trinajstić information content (AvgIpc) is 3.13. The van der Waals surface area contributed by atoms with Gasteiger partial charge in [-0.3, -0.25) is 19.3 Å². The van der Waals surface area contributed by atoms with Gasteiger partial charge in [-0.2, -0.15) is 0 Å². The van der Waals surface area contributed by atoms with Crippen LogP contribution in [0.4, 0.5) is 4.79 Å². The SMILES string of the molecule is CN1C(=O)N(CC(=O)N2CC[C@@H](C(N)=O)C2)C(=O)C12CCCCC2. The second-order valence-corrected chi connectivity index (χ2v) is 7.05. The highest BCUT2D eigenvalue weighted by Crippen LogP contribution is 2.39. The van der Waals surface area contributed by atoms with E-state index in [1.807, 2.05) is 0 Å². The summed E-state index contributed by atoms with van der Waals surface area (Å²) >= 11 is 0. The highest BCUT2D eigenvalue weighted by Gasteiger charge is 2.56. The Labute approximate surface area is 140 Å². The Morgan fingerprint density at radius 3 is 2.46 bits per heavy atom. The molecule has 3 aliphatic rings. The van der Waals surface area contributed by atoms with Crippen molar-refractivity contribution in [3.05, 3.63) is 0 Å². The number of rotatable bonds is 3. The third-order valence-corrected chi connectivity index (χ3v) is 5.72. The molecule has 0 aromatic rings. The van der Waals surface area contributed by atoms with Crippen molar-refractivity contribution < 1.29 is 19.2 Å². The van der Waals surface area contributed by atoms with Crippen molar-refractivity contribution >= 4 is 23.8 Å². The number of likely N-dealkylation sites (tertiary alicyclic amines) is 1. The van der Waals surface area contributed by atoms with E-state index in [0.29, 0.717) is 25.8 Å². The number of imide groups is 1. The van der Waals surface area contributed by atoms with Gasteiger partial charge in [0, 0.05) is 20.1 Å². The van der Waals surface area contributed by atoms with Gasteiger partial charge in [-0.1, -0.05) is 19.3 Å². The van der Waals surface area contributed by atoms with E-state index in [2.05, 4.69) is 0 Å². The van der Waals surface area contributed by atoms with Crippen LogP contribution in [0.3, 0.4) is 0 Å². The minimum Gasteiger partial charge on any atom is -0.369 e. The number of carbonyl (C=O) groups is 4. The molecule has 1 aliphatic carbocycles. The monoisotopic (exact) mass is 336 g/mol. The number of urea groups is 1. The Hall–Kier alpha value is -2.12. The lowest BCUT2D eigenvalue weighted by Gasteiger charge is -2.35. The predicted octanol–water partition coefficient (Wildman–Crippen LogP) is -0.0829. The van der Waals surface area contributed by atoms with Crippen molar-refractivity contribution in [1.29, 1.82) is 0 Å². The Balaban J connectivity index is 1.69. The first-order chi connectivity index (χ1) is 11.4. The van der Waals surface area contributed by atoms with E-state index in [4.69, 9.17) is 5.73 Å². The quantitative estimate of drug-likeness (QED) is 0.728. The minimum absolute atomic E-state index is 0.255. The molecule has 0 unspecified atom stereocenters. The maximum Gasteiger partial charge on any atom is 0.327 e. The number of hydrogen-bond donors (Lipinski definition) is 1. The zero-order valence-electron chi connectivity index (χ0n) is 14.0. The van der Waals surface area contributed by atoms with Gasteiger partial charge in [-0.25, -0.2) is 4.79 Å². The van der Waals surface area contributed by atoms with Crippen molar-refractivity contribution in [1.82, 2.24) is 14.7 Å². The van der Waals surface area contributed by atoms with Crippen molar-refractivity contribution in [3.63, 3.8) is 0 Å². The van der Waals surface area contributed by atoms with Crippen LogP contribution in [-0.2, 0) is 14.4 Å². The van der Waals surface area contributed by atoms with E-state index in [-0.39, 0.29) is 30.8 Å². The second-order valence-electron chi connectivity index (χ2n) is 7.05. The lowest BCUT2D eigenvalue weighted by atomic mass is 9.81. The van der Waals surface area contributed by atoms with Crippen LogP contribution < -0.4 is 5.73 Å². The van der Waals surface area contributed by atoms with Crippen LogP contribution in [0.1, 0.15) is 38.5 Å².